The van der Waals surface area contributed by atoms with Gasteiger partial charge in [0.25, 0.3) is 0 Å². The van der Waals surface area contributed by atoms with Crippen LogP contribution in [0.2, 0.25) is 0 Å². The molecule has 1 N–H and O–H groups in total. The van der Waals surface area contributed by atoms with Crippen molar-refractivity contribution >= 4 is 17.3 Å². The summed E-state index contributed by atoms with van der Waals surface area (Å²) in [6.07, 6.45) is -1.82. The van der Waals surface area contributed by atoms with Crippen LogP contribution < -0.4 is 0 Å². The Bertz CT molecular complexity index is 975. The van der Waals surface area contributed by atoms with Crippen molar-refractivity contribution < 1.29 is 23.1 Å². The van der Waals surface area contributed by atoms with Crippen molar-refractivity contribution in [3.8, 4) is 11.1 Å². The molecule has 0 saturated heterocycles. The van der Waals surface area contributed by atoms with E-state index in [1.54, 1.807) is 6.92 Å². The number of alkyl halides is 3. The molecule has 0 radical (unpaired) electrons. The summed E-state index contributed by atoms with van der Waals surface area (Å²) in [6.45, 7) is 3.67. The number of carboxylic acids is 1. The van der Waals surface area contributed by atoms with E-state index in [2.05, 4.69) is 9.98 Å². The maximum Gasteiger partial charge on any atom is 0.416 e. The van der Waals surface area contributed by atoms with E-state index in [1.165, 1.54) is 24.4 Å². The summed E-state index contributed by atoms with van der Waals surface area (Å²) in [5, 5.41) is 9.79. The predicted molar refractivity (Wildman–Crippen MR) is 96.6 cm³/mol. The number of benzene rings is 1. The smallest absolute Gasteiger partial charge is 0.416 e. The number of carbonyl (C=O) groups is 1. The normalized spacial score (nSPS) is 14.9. The molecule has 0 aliphatic carbocycles. The first kappa shape index (κ1) is 18.8. The number of aliphatic imine (C=N–C) groups is 1. The maximum absolute atomic E-state index is 13.0. The van der Waals surface area contributed by atoms with Gasteiger partial charge in [0.1, 0.15) is 0 Å². The number of allylic oxidation sites excluding steroid dienone is 2. The Morgan fingerprint density at radius 2 is 1.89 bits per heavy atom. The first-order valence-electron chi connectivity index (χ1n) is 8.32. The molecular weight excluding hydrogens is 357 g/mol. The van der Waals surface area contributed by atoms with Crippen molar-refractivity contribution in [2.45, 2.75) is 32.9 Å². The van der Waals surface area contributed by atoms with E-state index in [0.29, 0.717) is 24.1 Å². The van der Waals surface area contributed by atoms with Gasteiger partial charge in [0, 0.05) is 23.2 Å². The molecule has 3 rings (SSSR count). The number of rotatable bonds is 3. The zero-order valence-corrected chi connectivity index (χ0v) is 14.8. The summed E-state index contributed by atoms with van der Waals surface area (Å²) in [5.74, 6) is -1.24. The fraction of sp³-hybridized carbons (Fsp3) is 0.250. The topological polar surface area (TPSA) is 62.5 Å². The van der Waals surface area contributed by atoms with Gasteiger partial charge >= 0.3 is 12.1 Å². The van der Waals surface area contributed by atoms with Crippen molar-refractivity contribution in [1.29, 1.82) is 0 Å². The number of hydrogen-bond donors (Lipinski definition) is 1. The van der Waals surface area contributed by atoms with Gasteiger partial charge in [-0.15, -0.1) is 0 Å². The van der Waals surface area contributed by atoms with E-state index in [4.69, 9.17) is 0 Å². The predicted octanol–water partition coefficient (Wildman–Crippen LogP) is 5.45. The molecule has 7 heteroatoms. The van der Waals surface area contributed by atoms with E-state index in [0.717, 1.165) is 17.8 Å². The molecule has 0 spiro atoms. The highest BCUT2D eigenvalue weighted by Crippen LogP contribution is 2.36. The van der Waals surface area contributed by atoms with Gasteiger partial charge < -0.3 is 5.11 Å². The third-order valence-electron chi connectivity index (χ3n) is 4.48. The van der Waals surface area contributed by atoms with Gasteiger partial charge in [0.05, 0.1) is 16.8 Å². The van der Waals surface area contributed by atoms with Gasteiger partial charge in [-0.25, -0.2) is 4.79 Å². The lowest BCUT2D eigenvalue weighted by Gasteiger charge is -2.18. The first-order valence-corrected chi connectivity index (χ1v) is 8.32. The molecule has 0 unspecified atom stereocenters. The van der Waals surface area contributed by atoms with Crippen molar-refractivity contribution in [2.75, 3.05) is 0 Å². The van der Waals surface area contributed by atoms with Crippen LogP contribution in [-0.2, 0) is 6.18 Å². The molecule has 4 nitrogen and oxygen atoms in total. The van der Waals surface area contributed by atoms with Gasteiger partial charge in [0.15, 0.2) is 0 Å². The van der Waals surface area contributed by atoms with Crippen LogP contribution >= 0.6 is 0 Å². The molecule has 1 aromatic heterocycles. The van der Waals surface area contributed by atoms with Gasteiger partial charge in [0.2, 0.25) is 0 Å². The van der Waals surface area contributed by atoms with Crippen LogP contribution in [-0.4, -0.2) is 21.8 Å². The number of halogens is 3. The Balaban J connectivity index is 2.22. The molecule has 0 fully saturated rings. The number of pyridine rings is 1. The average Bonchev–Trinajstić information content (AvgIpc) is 2.60. The van der Waals surface area contributed by atoms with E-state index in [9.17, 15) is 23.1 Å². The highest BCUT2D eigenvalue weighted by molar-refractivity contribution is 6.01. The minimum Gasteiger partial charge on any atom is -0.478 e. The Kier molecular flexibility index (Phi) is 4.87. The Morgan fingerprint density at radius 1 is 1.15 bits per heavy atom. The van der Waals surface area contributed by atoms with Crippen LogP contribution in [0.3, 0.4) is 0 Å². The van der Waals surface area contributed by atoms with Crippen LogP contribution in [0.15, 0.2) is 47.2 Å². The largest absolute Gasteiger partial charge is 0.478 e. The Morgan fingerprint density at radius 3 is 2.52 bits per heavy atom. The Hall–Kier alpha value is -2.96. The summed E-state index contributed by atoms with van der Waals surface area (Å²) in [6, 6.07) is 6.07. The molecule has 0 amide bonds. The molecule has 2 heterocycles. The zero-order valence-electron chi connectivity index (χ0n) is 14.8. The van der Waals surface area contributed by atoms with E-state index >= 15 is 0 Å². The van der Waals surface area contributed by atoms with E-state index in [-0.39, 0.29) is 22.4 Å². The molecule has 2 aromatic rings. The van der Waals surface area contributed by atoms with Gasteiger partial charge in [-0.1, -0.05) is 12.1 Å². The molecule has 140 valence electrons. The van der Waals surface area contributed by atoms with E-state index < -0.39 is 17.7 Å². The van der Waals surface area contributed by atoms with Crippen LogP contribution in [0.25, 0.3) is 16.7 Å². The summed E-state index contributed by atoms with van der Waals surface area (Å²) < 4.78 is 39.1. The average molecular weight is 374 g/mol. The molecule has 1 aliphatic heterocycles. The number of nitrogens with zero attached hydrogens (tertiary/aromatic N) is 2. The van der Waals surface area contributed by atoms with Crippen LogP contribution in [0, 0.1) is 0 Å². The molecule has 0 bridgehead atoms. The molecule has 1 aromatic carbocycles. The van der Waals surface area contributed by atoms with Gasteiger partial charge in [-0.2, -0.15) is 13.2 Å². The lowest BCUT2D eigenvalue weighted by molar-refractivity contribution is -0.137. The third kappa shape index (κ3) is 3.77. The molecule has 1 aliphatic rings. The monoisotopic (exact) mass is 374 g/mol. The maximum atomic E-state index is 13.0. The highest BCUT2D eigenvalue weighted by Gasteiger charge is 2.31. The summed E-state index contributed by atoms with van der Waals surface area (Å²) >= 11 is 0. The molecular formula is C20H17F3N2O2. The quantitative estimate of drug-likeness (QED) is 0.777. The van der Waals surface area contributed by atoms with Crippen LogP contribution in [0.1, 0.15) is 48.3 Å². The first-order chi connectivity index (χ1) is 12.7. The lowest BCUT2D eigenvalue weighted by atomic mass is 9.91. The fourth-order valence-electron chi connectivity index (χ4n) is 3.20. The summed E-state index contributed by atoms with van der Waals surface area (Å²) in [5.41, 5.74) is 2.02. The number of carboxylic acid groups (broad SMARTS) is 1. The second-order valence-electron chi connectivity index (χ2n) is 6.38. The van der Waals surface area contributed by atoms with Crippen LogP contribution in [0.4, 0.5) is 13.2 Å². The standard InChI is InChI=1S/C20H17F3N2O2/c1-11-6-7-15(12(2)25-11)18-17(19(26)27)16(8-9-24-18)13-4-3-5-14(10-13)20(21,22)23/h3-5,8-10H,6-7H2,1-2H3,(H,26,27). The van der Waals surface area contributed by atoms with Gasteiger partial charge in [-0.3, -0.25) is 9.98 Å². The van der Waals surface area contributed by atoms with Crippen molar-refractivity contribution in [3.05, 3.63) is 59.0 Å². The molecule has 27 heavy (non-hydrogen) atoms. The Labute approximate surface area is 154 Å². The minimum absolute atomic E-state index is 0.110. The van der Waals surface area contributed by atoms with E-state index in [1.807, 2.05) is 6.92 Å². The summed E-state index contributed by atoms with van der Waals surface area (Å²) in [7, 11) is 0. The minimum atomic E-state index is -4.51. The van der Waals surface area contributed by atoms with Crippen molar-refractivity contribution in [2.24, 2.45) is 4.99 Å². The SMILES string of the molecule is CC1=NC(C)=C(c2nccc(-c3cccc(C(F)(F)F)c3)c2C(=O)O)CC1. The van der Waals surface area contributed by atoms with Gasteiger partial charge in [-0.05, 0) is 56.0 Å². The lowest BCUT2D eigenvalue weighted by Crippen LogP contribution is -2.11. The highest BCUT2D eigenvalue weighted by atomic mass is 19.4. The number of aromatic carboxylic acids is 1. The van der Waals surface area contributed by atoms with Crippen LogP contribution in [0.5, 0.6) is 0 Å². The fourth-order valence-corrected chi connectivity index (χ4v) is 3.20. The second kappa shape index (κ2) is 6.98. The third-order valence-corrected chi connectivity index (χ3v) is 4.48. The summed E-state index contributed by atoms with van der Waals surface area (Å²) in [4.78, 5) is 20.6. The molecule has 0 atom stereocenters. The number of aromatic nitrogens is 1. The number of hydrogen-bond acceptors (Lipinski definition) is 3. The molecule has 0 saturated carbocycles. The van der Waals surface area contributed by atoms with Crippen molar-refractivity contribution in [3.63, 3.8) is 0 Å². The van der Waals surface area contributed by atoms with Crippen molar-refractivity contribution in [1.82, 2.24) is 4.98 Å². The second-order valence-corrected chi connectivity index (χ2v) is 6.38. The zero-order chi connectivity index (χ0) is 19.8.